The first-order valence-corrected chi connectivity index (χ1v) is 14.1. The summed E-state index contributed by atoms with van der Waals surface area (Å²) in [6.07, 6.45) is 4.37. The summed E-state index contributed by atoms with van der Waals surface area (Å²) >= 11 is 21.0. The van der Waals surface area contributed by atoms with Gasteiger partial charge in [0, 0.05) is 55.2 Å². The van der Waals surface area contributed by atoms with Crippen LogP contribution in [-0.2, 0) is 9.59 Å². The van der Waals surface area contributed by atoms with Crippen molar-refractivity contribution in [2.45, 2.75) is 51.1 Å². The van der Waals surface area contributed by atoms with Gasteiger partial charge in [-0.05, 0) is 55.5 Å². The molecule has 0 aliphatic carbocycles. The first-order valence-electron chi connectivity index (χ1n) is 12.1. The van der Waals surface area contributed by atoms with E-state index >= 15 is 0 Å². The van der Waals surface area contributed by atoms with Gasteiger partial charge in [-0.15, -0.1) is 0 Å². The molecule has 0 aromatic heterocycles. The van der Waals surface area contributed by atoms with Crippen molar-refractivity contribution in [2.24, 2.45) is 0 Å². The molecule has 2 atom stereocenters. The monoisotopic (exact) mass is 543 g/mol. The molecule has 0 spiro atoms. The molecule has 9 heteroatoms. The van der Waals surface area contributed by atoms with Gasteiger partial charge in [-0.2, -0.15) is 25.3 Å². The SMILES string of the molecule is CCC(=O)C1=C(c2ccc(Cl)c(Cl)c2)CC2CC[C@H]1N2CCCN(CCS)CC(=O)NCCS. The average molecular weight is 545 g/mol. The summed E-state index contributed by atoms with van der Waals surface area (Å²) in [6, 6.07) is 6.26. The number of carbonyl (C=O) groups is 2. The van der Waals surface area contributed by atoms with Gasteiger partial charge >= 0.3 is 0 Å². The third kappa shape index (κ3) is 6.95. The summed E-state index contributed by atoms with van der Waals surface area (Å²) in [6.45, 7) is 5.39. The molecule has 1 fully saturated rings. The fourth-order valence-corrected chi connectivity index (χ4v) is 5.89. The molecule has 2 heterocycles. The van der Waals surface area contributed by atoms with Gasteiger partial charge in [-0.25, -0.2) is 0 Å². The number of thiol groups is 2. The number of nitrogens with zero attached hydrogens (tertiary/aromatic N) is 2. The second-order valence-electron chi connectivity index (χ2n) is 8.91. The lowest BCUT2D eigenvalue weighted by Crippen LogP contribution is -2.45. The Bertz CT molecular complexity index is 912. The second kappa shape index (κ2) is 13.6. The van der Waals surface area contributed by atoms with Crippen LogP contribution in [0.3, 0.4) is 0 Å². The molecule has 1 aromatic carbocycles. The van der Waals surface area contributed by atoms with E-state index in [1.165, 1.54) is 0 Å². The molecule has 188 valence electrons. The van der Waals surface area contributed by atoms with Crippen molar-refractivity contribution in [2.75, 3.05) is 44.2 Å². The van der Waals surface area contributed by atoms with E-state index in [1.807, 2.05) is 25.1 Å². The summed E-state index contributed by atoms with van der Waals surface area (Å²) in [5.74, 6) is 1.58. The normalized spacial score (nSPS) is 20.3. The van der Waals surface area contributed by atoms with Gasteiger partial charge in [-0.3, -0.25) is 19.4 Å². The zero-order valence-corrected chi connectivity index (χ0v) is 23.0. The highest BCUT2D eigenvalue weighted by Gasteiger charge is 2.43. The topological polar surface area (TPSA) is 52.7 Å². The molecule has 1 amide bonds. The smallest absolute Gasteiger partial charge is 0.234 e. The summed E-state index contributed by atoms with van der Waals surface area (Å²) in [4.78, 5) is 29.9. The van der Waals surface area contributed by atoms with Gasteiger partial charge in [0.05, 0.1) is 16.6 Å². The van der Waals surface area contributed by atoms with E-state index in [9.17, 15) is 9.59 Å². The molecule has 1 aromatic rings. The molecular weight excluding hydrogens is 509 g/mol. The third-order valence-electron chi connectivity index (χ3n) is 6.74. The molecule has 34 heavy (non-hydrogen) atoms. The van der Waals surface area contributed by atoms with Gasteiger partial charge in [0.2, 0.25) is 5.91 Å². The quantitative estimate of drug-likeness (QED) is 0.317. The Hall–Kier alpha value is -0.700. The highest BCUT2D eigenvalue weighted by atomic mass is 35.5. The number of hydrogen-bond donors (Lipinski definition) is 3. The minimum absolute atomic E-state index is 0.0268. The van der Waals surface area contributed by atoms with Crippen LogP contribution in [0.1, 0.15) is 44.6 Å². The third-order valence-corrected chi connectivity index (χ3v) is 7.90. The van der Waals surface area contributed by atoms with E-state index in [1.54, 1.807) is 0 Å². The minimum Gasteiger partial charge on any atom is -0.354 e. The van der Waals surface area contributed by atoms with Crippen molar-refractivity contribution in [1.82, 2.24) is 15.1 Å². The van der Waals surface area contributed by atoms with E-state index < -0.39 is 0 Å². The van der Waals surface area contributed by atoms with Crippen molar-refractivity contribution in [1.29, 1.82) is 0 Å². The predicted octanol–water partition coefficient (Wildman–Crippen LogP) is 4.63. The summed E-state index contributed by atoms with van der Waals surface area (Å²) in [5.41, 5.74) is 3.09. The lowest BCUT2D eigenvalue weighted by atomic mass is 9.85. The molecule has 5 nitrogen and oxygen atoms in total. The van der Waals surface area contributed by atoms with Crippen molar-refractivity contribution in [3.05, 3.63) is 39.4 Å². The van der Waals surface area contributed by atoms with Gasteiger partial charge < -0.3 is 5.32 Å². The average Bonchev–Trinajstić information content (AvgIpc) is 3.09. The number of carbonyl (C=O) groups excluding carboxylic acids is 2. The highest BCUT2D eigenvalue weighted by Crippen LogP contribution is 2.44. The number of nitrogens with one attached hydrogen (secondary N) is 1. The first-order chi connectivity index (χ1) is 16.4. The Labute approximate surface area is 224 Å². The standard InChI is InChI=1S/C25H35Cl2N3O2S2/c1-2-23(31)25-19(17-4-6-20(26)21(27)14-17)15-18-5-7-22(25)30(18)10-3-9-29(11-13-34)16-24(32)28-8-12-33/h4,6,14,18,22,33-34H,2-3,5,7-13,15-16H2,1H3,(H,28,32)/t18?,22-/m1/s1. The largest absolute Gasteiger partial charge is 0.354 e. The van der Waals surface area contributed by atoms with Crippen molar-refractivity contribution < 1.29 is 9.59 Å². The van der Waals surface area contributed by atoms with Crippen molar-refractivity contribution in [3.63, 3.8) is 0 Å². The van der Waals surface area contributed by atoms with Crippen molar-refractivity contribution >= 4 is 65.7 Å². The van der Waals surface area contributed by atoms with Gasteiger partial charge in [0.15, 0.2) is 5.78 Å². The summed E-state index contributed by atoms with van der Waals surface area (Å²) in [5, 5.41) is 3.93. The van der Waals surface area contributed by atoms with E-state index in [4.69, 9.17) is 23.2 Å². The number of ketones is 1. The Morgan fingerprint density at radius 1 is 1.15 bits per heavy atom. The van der Waals surface area contributed by atoms with Crippen LogP contribution in [0, 0.1) is 0 Å². The van der Waals surface area contributed by atoms with Crippen LogP contribution in [-0.4, -0.2) is 77.8 Å². The molecule has 1 unspecified atom stereocenters. The van der Waals surface area contributed by atoms with Crippen LogP contribution in [0.2, 0.25) is 10.0 Å². The maximum Gasteiger partial charge on any atom is 0.234 e. The van der Waals surface area contributed by atoms with Crippen LogP contribution < -0.4 is 5.32 Å². The van der Waals surface area contributed by atoms with Gasteiger partial charge in [0.25, 0.3) is 0 Å². The zero-order chi connectivity index (χ0) is 24.7. The van der Waals surface area contributed by atoms with Crippen molar-refractivity contribution in [3.8, 4) is 0 Å². The summed E-state index contributed by atoms with van der Waals surface area (Å²) < 4.78 is 0. The number of fused-ring (bicyclic) bond motifs is 2. The molecule has 1 saturated heterocycles. The van der Waals surface area contributed by atoms with E-state index in [2.05, 4.69) is 40.4 Å². The minimum atomic E-state index is 0.0268. The van der Waals surface area contributed by atoms with Crippen LogP contribution >= 0.6 is 48.5 Å². The lowest BCUT2D eigenvalue weighted by molar-refractivity contribution is -0.122. The molecule has 0 saturated carbocycles. The maximum atomic E-state index is 13.1. The van der Waals surface area contributed by atoms with E-state index in [-0.39, 0.29) is 17.7 Å². The molecule has 2 aliphatic heterocycles. The molecule has 0 radical (unpaired) electrons. The lowest BCUT2D eigenvalue weighted by Gasteiger charge is -2.38. The second-order valence-corrected chi connectivity index (χ2v) is 10.6. The molecular formula is C25H35Cl2N3O2S2. The van der Waals surface area contributed by atoms with Gasteiger partial charge in [0.1, 0.15) is 0 Å². The number of Topliss-reactive ketones (excluding diaryl/α,β-unsaturated/α-hetero) is 1. The Kier molecular flexibility index (Phi) is 11.1. The van der Waals surface area contributed by atoms with E-state index in [0.29, 0.717) is 47.1 Å². The van der Waals surface area contributed by atoms with Gasteiger partial charge in [-0.1, -0.05) is 36.2 Å². The number of benzene rings is 1. The van der Waals surface area contributed by atoms with Crippen LogP contribution in [0.15, 0.2) is 23.8 Å². The summed E-state index contributed by atoms with van der Waals surface area (Å²) in [7, 11) is 0. The van der Waals surface area contributed by atoms with Crippen LogP contribution in [0.5, 0.6) is 0 Å². The molecule has 2 bridgehead atoms. The predicted molar refractivity (Wildman–Crippen MR) is 149 cm³/mol. The number of hydrogen-bond acceptors (Lipinski definition) is 6. The Morgan fingerprint density at radius 3 is 2.62 bits per heavy atom. The molecule has 3 rings (SSSR count). The fourth-order valence-electron chi connectivity index (χ4n) is 5.20. The maximum absolute atomic E-state index is 13.1. The van der Waals surface area contributed by atoms with Crippen LogP contribution in [0.25, 0.3) is 5.57 Å². The Morgan fingerprint density at radius 2 is 1.94 bits per heavy atom. The van der Waals surface area contributed by atoms with Crippen LogP contribution in [0.4, 0.5) is 0 Å². The number of rotatable bonds is 13. The first kappa shape index (κ1) is 27.9. The Balaban J connectivity index is 1.71. The molecule has 1 N–H and O–H groups in total. The number of amides is 1. The molecule has 2 aliphatic rings. The zero-order valence-electron chi connectivity index (χ0n) is 19.7. The number of halogens is 2. The fraction of sp³-hybridized carbons (Fsp3) is 0.600. The highest BCUT2D eigenvalue weighted by molar-refractivity contribution is 7.80. The van der Waals surface area contributed by atoms with E-state index in [0.717, 1.165) is 62.0 Å².